The molecule has 3 N–H and O–H groups in total. The topological polar surface area (TPSA) is 55.1 Å². The van der Waals surface area contributed by atoms with E-state index >= 15 is 0 Å². The molecule has 1 rings (SSSR count). The number of nitrogens with two attached hydrogens (primary N) is 1. The van der Waals surface area contributed by atoms with E-state index in [1.54, 1.807) is 11.3 Å². The molecule has 0 aliphatic carbocycles. The number of carbonyl (C=O) groups is 1. The Balaban J connectivity index is 2.52. The van der Waals surface area contributed by atoms with E-state index in [1.807, 2.05) is 6.92 Å². The maximum Gasteiger partial charge on any atom is 0.234 e. The highest BCUT2D eigenvalue weighted by Gasteiger charge is 2.12. The number of primary amides is 1. The van der Waals surface area contributed by atoms with Gasteiger partial charge < -0.3 is 11.1 Å². The summed E-state index contributed by atoms with van der Waals surface area (Å²) in [5, 5.41) is 5.27. The van der Waals surface area contributed by atoms with Crippen molar-refractivity contribution < 1.29 is 4.79 Å². The normalized spacial score (nSPS) is 12.7. The Morgan fingerprint density at radius 2 is 2.33 bits per heavy atom. The van der Waals surface area contributed by atoms with Gasteiger partial charge in [-0.1, -0.05) is 13.8 Å². The SMILES string of the molecule is CCc1ccsc1CNC(CC)C(N)=O. The Bertz CT molecular complexity index is 322. The van der Waals surface area contributed by atoms with Crippen LogP contribution in [-0.2, 0) is 17.8 Å². The van der Waals surface area contributed by atoms with Gasteiger partial charge in [-0.05, 0) is 29.9 Å². The largest absolute Gasteiger partial charge is 0.368 e. The summed E-state index contributed by atoms with van der Waals surface area (Å²) >= 11 is 1.72. The van der Waals surface area contributed by atoms with Crippen LogP contribution in [0.5, 0.6) is 0 Å². The fourth-order valence-corrected chi connectivity index (χ4v) is 2.43. The summed E-state index contributed by atoms with van der Waals surface area (Å²) in [4.78, 5) is 12.3. The van der Waals surface area contributed by atoms with Gasteiger partial charge in [0.1, 0.15) is 0 Å². The number of hydrogen-bond acceptors (Lipinski definition) is 3. The molecule has 0 aliphatic rings. The summed E-state index contributed by atoms with van der Waals surface area (Å²) in [6, 6.07) is 1.92. The third-order valence-corrected chi connectivity index (χ3v) is 3.44. The third-order valence-electron chi connectivity index (χ3n) is 2.48. The number of amides is 1. The molecule has 84 valence electrons. The van der Waals surface area contributed by atoms with Gasteiger partial charge in [0.05, 0.1) is 6.04 Å². The molecular weight excluding hydrogens is 208 g/mol. The molecule has 0 saturated heterocycles. The maximum absolute atomic E-state index is 11.0. The first-order chi connectivity index (χ1) is 7.19. The van der Waals surface area contributed by atoms with Crippen molar-refractivity contribution in [2.45, 2.75) is 39.3 Å². The van der Waals surface area contributed by atoms with E-state index < -0.39 is 0 Å². The number of thiophene rings is 1. The van der Waals surface area contributed by atoms with Crippen LogP contribution in [0.4, 0.5) is 0 Å². The van der Waals surface area contributed by atoms with Crippen molar-refractivity contribution in [3.05, 3.63) is 21.9 Å². The molecule has 0 fully saturated rings. The molecule has 1 heterocycles. The van der Waals surface area contributed by atoms with Crippen molar-refractivity contribution in [2.75, 3.05) is 0 Å². The molecule has 0 spiro atoms. The molecule has 1 aromatic rings. The van der Waals surface area contributed by atoms with Crippen LogP contribution >= 0.6 is 11.3 Å². The quantitative estimate of drug-likeness (QED) is 0.775. The summed E-state index contributed by atoms with van der Waals surface area (Å²) in [6.07, 6.45) is 1.77. The maximum atomic E-state index is 11.0. The molecule has 0 aromatic carbocycles. The number of hydrogen-bond donors (Lipinski definition) is 2. The second kappa shape index (κ2) is 5.88. The average molecular weight is 226 g/mol. The summed E-state index contributed by atoms with van der Waals surface area (Å²) < 4.78 is 0. The minimum absolute atomic E-state index is 0.211. The highest BCUT2D eigenvalue weighted by molar-refractivity contribution is 7.10. The van der Waals surface area contributed by atoms with Gasteiger partial charge >= 0.3 is 0 Å². The van der Waals surface area contributed by atoms with Crippen LogP contribution in [0, 0.1) is 0 Å². The predicted molar refractivity (Wildman–Crippen MR) is 63.8 cm³/mol. The minimum Gasteiger partial charge on any atom is -0.368 e. The fraction of sp³-hybridized carbons (Fsp3) is 0.545. The highest BCUT2D eigenvalue weighted by Crippen LogP contribution is 2.17. The molecule has 1 aromatic heterocycles. The number of rotatable bonds is 6. The van der Waals surface area contributed by atoms with E-state index in [-0.39, 0.29) is 11.9 Å². The first-order valence-corrected chi connectivity index (χ1v) is 6.14. The number of nitrogens with one attached hydrogen (secondary N) is 1. The predicted octanol–water partition coefficient (Wildman–Crippen LogP) is 1.66. The van der Waals surface area contributed by atoms with Crippen molar-refractivity contribution in [1.82, 2.24) is 5.32 Å². The molecular formula is C11H18N2OS. The second-order valence-electron chi connectivity index (χ2n) is 3.47. The van der Waals surface area contributed by atoms with E-state index in [9.17, 15) is 4.79 Å². The minimum atomic E-state index is -0.271. The first kappa shape index (κ1) is 12.2. The fourth-order valence-electron chi connectivity index (χ4n) is 1.50. The monoisotopic (exact) mass is 226 g/mol. The lowest BCUT2D eigenvalue weighted by atomic mass is 10.2. The molecule has 15 heavy (non-hydrogen) atoms. The van der Waals surface area contributed by atoms with Gasteiger partial charge in [0.15, 0.2) is 0 Å². The van der Waals surface area contributed by atoms with E-state index in [1.165, 1.54) is 10.4 Å². The molecule has 0 radical (unpaired) electrons. The van der Waals surface area contributed by atoms with Crippen LogP contribution in [0.3, 0.4) is 0 Å². The van der Waals surface area contributed by atoms with Gasteiger partial charge in [0.25, 0.3) is 0 Å². The molecule has 1 amide bonds. The first-order valence-electron chi connectivity index (χ1n) is 5.27. The van der Waals surface area contributed by atoms with E-state index in [0.717, 1.165) is 19.4 Å². The van der Waals surface area contributed by atoms with Gasteiger partial charge in [-0.15, -0.1) is 11.3 Å². The molecule has 4 heteroatoms. The second-order valence-corrected chi connectivity index (χ2v) is 4.47. The Morgan fingerprint density at radius 1 is 1.60 bits per heavy atom. The Kier molecular flexibility index (Phi) is 4.78. The summed E-state index contributed by atoms with van der Waals surface area (Å²) in [5.74, 6) is -0.271. The standard InChI is InChI=1S/C11H18N2OS/c1-3-8-5-6-15-10(8)7-13-9(4-2)11(12)14/h5-6,9,13H,3-4,7H2,1-2H3,(H2,12,14). The molecule has 3 nitrogen and oxygen atoms in total. The Hall–Kier alpha value is -0.870. The van der Waals surface area contributed by atoms with Gasteiger partial charge in [-0.3, -0.25) is 4.79 Å². The summed E-state index contributed by atoms with van der Waals surface area (Å²) in [6.45, 7) is 4.83. The van der Waals surface area contributed by atoms with E-state index in [0.29, 0.717) is 0 Å². The highest BCUT2D eigenvalue weighted by atomic mass is 32.1. The molecule has 1 unspecified atom stereocenters. The van der Waals surface area contributed by atoms with Crippen molar-refractivity contribution >= 4 is 17.2 Å². The number of carbonyl (C=O) groups excluding carboxylic acids is 1. The van der Waals surface area contributed by atoms with E-state index in [4.69, 9.17) is 5.73 Å². The lowest BCUT2D eigenvalue weighted by Gasteiger charge is -2.12. The van der Waals surface area contributed by atoms with Crippen LogP contribution in [0.1, 0.15) is 30.7 Å². The lowest BCUT2D eigenvalue weighted by Crippen LogP contribution is -2.40. The zero-order valence-corrected chi connectivity index (χ0v) is 10.1. The van der Waals surface area contributed by atoms with E-state index in [2.05, 4.69) is 23.7 Å². The third kappa shape index (κ3) is 3.32. The zero-order valence-electron chi connectivity index (χ0n) is 9.25. The van der Waals surface area contributed by atoms with Crippen molar-refractivity contribution in [2.24, 2.45) is 5.73 Å². The molecule has 0 aliphatic heterocycles. The van der Waals surface area contributed by atoms with Crippen molar-refractivity contribution in [3.63, 3.8) is 0 Å². The molecule has 1 atom stereocenters. The smallest absolute Gasteiger partial charge is 0.234 e. The van der Waals surface area contributed by atoms with Crippen LogP contribution in [-0.4, -0.2) is 11.9 Å². The van der Waals surface area contributed by atoms with Gasteiger partial charge in [0, 0.05) is 11.4 Å². The van der Waals surface area contributed by atoms with Gasteiger partial charge in [-0.2, -0.15) is 0 Å². The van der Waals surface area contributed by atoms with Crippen LogP contribution in [0.15, 0.2) is 11.4 Å². The molecule has 0 saturated carbocycles. The van der Waals surface area contributed by atoms with Gasteiger partial charge in [0.2, 0.25) is 5.91 Å². The van der Waals surface area contributed by atoms with Crippen molar-refractivity contribution in [1.29, 1.82) is 0 Å². The van der Waals surface area contributed by atoms with Crippen LogP contribution in [0.2, 0.25) is 0 Å². The average Bonchev–Trinajstić information content (AvgIpc) is 2.65. The summed E-state index contributed by atoms with van der Waals surface area (Å²) in [5.41, 5.74) is 6.61. The molecule has 0 bridgehead atoms. The van der Waals surface area contributed by atoms with Crippen molar-refractivity contribution in [3.8, 4) is 0 Å². The lowest BCUT2D eigenvalue weighted by molar-refractivity contribution is -0.120. The van der Waals surface area contributed by atoms with Crippen LogP contribution < -0.4 is 11.1 Å². The summed E-state index contributed by atoms with van der Waals surface area (Å²) in [7, 11) is 0. The zero-order chi connectivity index (χ0) is 11.3. The van der Waals surface area contributed by atoms with Gasteiger partial charge in [-0.25, -0.2) is 0 Å². The van der Waals surface area contributed by atoms with Crippen LogP contribution in [0.25, 0.3) is 0 Å². The Labute approximate surface area is 94.7 Å². The number of aryl methyl sites for hydroxylation is 1. The Morgan fingerprint density at radius 3 is 2.87 bits per heavy atom.